The predicted octanol–water partition coefficient (Wildman–Crippen LogP) is 2.45. The van der Waals surface area contributed by atoms with E-state index in [-0.39, 0.29) is 24.2 Å². The normalized spacial score (nSPS) is 14.9. The molecule has 6 heteroatoms. The Morgan fingerprint density at radius 2 is 1.85 bits per heavy atom. The Balaban J connectivity index is 1.49. The minimum atomic E-state index is -0.0778. The van der Waals surface area contributed by atoms with E-state index in [0.717, 1.165) is 29.8 Å². The molecule has 144 valence electrons. The number of likely N-dealkylation sites (tertiary alicyclic amines) is 1. The standard InChI is InChI=1S/C21H26N2O4/c1-15-6-4-5-7-19(15)26-14-21(25)23-10-8-17(9-11-23)27-18-12-16(2)22(3)20(24)13-18/h4-7,12-13,17H,8-11,14H2,1-3H3. The molecule has 0 bridgehead atoms. The Kier molecular flexibility index (Phi) is 5.84. The van der Waals surface area contributed by atoms with Crippen LogP contribution in [0.3, 0.4) is 0 Å². The van der Waals surface area contributed by atoms with Gasteiger partial charge in [-0.1, -0.05) is 18.2 Å². The van der Waals surface area contributed by atoms with Gasteiger partial charge in [-0.3, -0.25) is 9.59 Å². The second kappa shape index (κ2) is 8.29. The maximum absolute atomic E-state index is 12.4. The molecule has 0 aliphatic carbocycles. The smallest absolute Gasteiger partial charge is 0.260 e. The van der Waals surface area contributed by atoms with Crippen LogP contribution in [-0.4, -0.2) is 41.2 Å². The summed E-state index contributed by atoms with van der Waals surface area (Å²) in [6.07, 6.45) is 1.49. The molecular formula is C21H26N2O4. The van der Waals surface area contributed by atoms with E-state index in [1.165, 1.54) is 6.07 Å². The minimum Gasteiger partial charge on any atom is -0.490 e. The summed E-state index contributed by atoms with van der Waals surface area (Å²) in [5, 5.41) is 0. The Morgan fingerprint density at radius 3 is 2.52 bits per heavy atom. The summed E-state index contributed by atoms with van der Waals surface area (Å²) in [6.45, 7) is 5.14. The highest BCUT2D eigenvalue weighted by Crippen LogP contribution is 2.20. The summed E-state index contributed by atoms with van der Waals surface area (Å²) in [7, 11) is 1.74. The average molecular weight is 370 g/mol. The lowest BCUT2D eigenvalue weighted by atomic mass is 10.1. The quantitative estimate of drug-likeness (QED) is 0.811. The monoisotopic (exact) mass is 370 g/mol. The van der Waals surface area contributed by atoms with Crippen LogP contribution in [0.4, 0.5) is 0 Å². The van der Waals surface area contributed by atoms with Gasteiger partial charge in [-0.2, -0.15) is 0 Å². The van der Waals surface area contributed by atoms with Gasteiger partial charge < -0.3 is 18.9 Å². The van der Waals surface area contributed by atoms with Gasteiger partial charge in [0.25, 0.3) is 11.5 Å². The first-order valence-corrected chi connectivity index (χ1v) is 9.24. The molecule has 1 aromatic carbocycles. The topological polar surface area (TPSA) is 60.8 Å². The molecule has 0 atom stereocenters. The third kappa shape index (κ3) is 4.70. The fourth-order valence-corrected chi connectivity index (χ4v) is 3.17. The highest BCUT2D eigenvalue weighted by molar-refractivity contribution is 5.77. The van der Waals surface area contributed by atoms with Crippen LogP contribution in [-0.2, 0) is 11.8 Å². The van der Waals surface area contributed by atoms with E-state index in [9.17, 15) is 9.59 Å². The number of rotatable bonds is 5. The van der Waals surface area contributed by atoms with Crippen LogP contribution in [0.25, 0.3) is 0 Å². The van der Waals surface area contributed by atoms with Crippen molar-refractivity contribution in [2.75, 3.05) is 19.7 Å². The van der Waals surface area contributed by atoms with Gasteiger partial charge in [-0.25, -0.2) is 0 Å². The lowest BCUT2D eigenvalue weighted by Gasteiger charge is -2.32. The number of nitrogens with zero attached hydrogens (tertiary/aromatic N) is 2. The van der Waals surface area contributed by atoms with Gasteiger partial charge in [0, 0.05) is 44.7 Å². The van der Waals surface area contributed by atoms with E-state index in [4.69, 9.17) is 9.47 Å². The number of carbonyl (C=O) groups excluding carboxylic acids is 1. The van der Waals surface area contributed by atoms with Crippen molar-refractivity contribution >= 4 is 5.91 Å². The first-order valence-electron chi connectivity index (χ1n) is 9.24. The number of piperidine rings is 1. The van der Waals surface area contributed by atoms with Crippen LogP contribution in [0.2, 0.25) is 0 Å². The molecule has 1 aromatic heterocycles. The molecule has 0 spiro atoms. The number of aromatic nitrogens is 1. The molecule has 1 amide bonds. The third-order valence-electron chi connectivity index (χ3n) is 5.02. The molecule has 1 aliphatic rings. The molecular weight excluding hydrogens is 344 g/mol. The number of hydrogen-bond donors (Lipinski definition) is 0. The Bertz CT molecular complexity index is 867. The van der Waals surface area contributed by atoms with Gasteiger partial charge in [-0.15, -0.1) is 0 Å². The third-order valence-corrected chi connectivity index (χ3v) is 5.02. The van der Waals surface area contributed by atoms with Crippen LogP contribution in [0.15, 0.2) is 41.2 Å². The van der Waals surface area contributed by atoms with Crippen molar-refractivity contribution in [2.45, 2.75) is 32.8 Å². The number of benzene rings is 1. The molecule has 0 unspecified atom stereocenters. The average Bonchev–Trinajstić information content (AvgIpc) is 2.66. The Labute approximate surface area is 159 Å². The van der Waals surface area contributed by atoms with Crippen LogP contribution in [0.1, 0.15) is 24.1 Å². The number of carbonyl (C=O) groups is 1. The molecule has 1 saturated heterocycles. The Hall–Kier alpha value is -2.76. The maximum Gasteiger partial charge on any atom is 0.260 e. The predicted molar refractivity (Wildman–Crippen MR) is 103 cm³/mol. The van der Waals surface area contributed by atoms with E-state index in [0.29, 0.717) is 18.8 Å². The van der Waals surface area contributed by atoms with E-state index in [1.54, 1.807) is 11.6 Å². The van der Waals surface area contributed by atoms with Crippen molar-refractivity contribution in [3.63, 3.8) is 0 Å². The zero-order chi connectivity index (χ0) is 19.4. The first kappa shape index (κ1) is 19.0. The number of amides is 1. The molecule has 3 rings (SSSR count). The molecule has 2 heterocycles. The zero-order valence-electron chi connectivity index (χ0n) is 16.1. The molecule has 0 radical (unpaired) electrons. The summed E-state index contributed by atoms with van der Waals surface area (Å²) in [6, 6.07) is 11.1. The summed E-state index contributed by atoms with van der Waals surface area (Å²) in [5.74, 6) is 1.33. The fraction of sp³-hybridized carbons (Fsp3) is 0.429. The van der Waals surface area contributed by atoms with Crippen LogP contribution in [0.5, 0.6) is 11.5 Å². The van der Waals surface area contributed by atoms with Crippen molar-refractivity contribution < 1.29 is 14.3 Å². The number of hydrogen-bond acceptors (Lipinski definition) is 4. The highest BCUT2D eigenvalue weighted by atomic mass is 16.5. The highest BCUT2D eigenvalue weighted by Gasteiger charge is 2.24. The second-order valence-corrected chi connectivity index (χ2v) is 6.98. The summed E-state index contributed by atoms with van der Waals surface area (Å²) in [4.78, 5) is 26.1. The van der Waals surface area contributed by atoms with E-state index in [2.05, 4.69) is 0 Å². The van der Waals surface area contributed by atoms with Crippen molar-refractivity contribution in [3.8, 4) is 11.5 Å². The summed E-state index contributed by atoms with van der Waals surface area (Å²) in [5.41, 5.74) is 1.80. The van der Waals surface area contributed by atoms with Gasteiger partial charge in [0.05, 0.1) is 0 Å². The largest absolute Gasteiger partial charge is 0.490 e. The molecule has 0 N–H and O–H groups in total. The zero-order valence-corrected chi connectivity index (χ0v) is 16.1. The SMILES string of the molecule is Cc1ccccc1OCC(=O)N1CCC(Oc2cc(C)n(C)c(=O)c2)CC1. The van der Waals surface area contributed by atoms with E-state index in [1.807, 2.05) is 49.1 Å². The summed E-state index contributed by atoms with van der Waals surface area (Å²) >= 11 is 0. The molecule has 1 aliphatic heterocycles. The van der Waals surface area contributed by atoms with Gasteiger partial charge in [0.2, 0.25) is 0 Å². The van der Waals surface area contributed by atoms with Crippen molar-refractivity contribution in [1.82, 2.24) is 9.47 Å². The Morgan fingerprint density at radius 1 is 1.15 bits per heavy atom. The number of ether oxygens (including phenoxy) is 2. The first-order chi connectivity index (χ1) is 12.9. The van der Waals surface area contributed by atoms with Crippen molar-refractivity contribution in [3.05, 3.63) is 58.0 Å². The molecule has 6 nitrogen and oxygen atoms in total. The molecule has 27 heavy (non-hydrogen) atoms. The van der Waals surface area contributed by atoms with Crippen molar-refractivity contribution in [1.29, 1.82) is 0 Å². The van der Waals surface area contributed by atoms with Gasteiger partial charge in [0.1, 0.15) is 17.6 Å². The van der Waals surface area contributed by atoms with Gasteiger partial charge in [0.15, 0.2) is 6.61 Å². The minimum absolute atomic E-state index is 0.0119. The van der Waals surface area contributed by atoms with Gasteiger partial charge >= 0.3 is 0 Å². The molecule has 1 fully saturated rings. The molecule has 0 saturated carbocycles. The summed E-state index contributed by atoms with van der Waals surface area (Å²) < 4.78 is 13.2. The van der Waals surface area contributed by atoms with Crippen LogP contribution < -0.4 is 15.0 Å². The second-order valence-electron chi connectivity index (χ2n) is 6.98. The van der Waals surface area contributed by atoms with Crippen LogP contribution >= 0.6 is 0 Å². The molecule has 2 aromatic rings. The number of para-hydroxylation sites is 1. The van der Waals surface area contributed by atoms with E-state index < -0.39 is 0 Å². The lowest BCUT2D eigenvalue weighted by Crippen LogP contribution is -2.43. The lowest BCUT2D eigenvalue weighted by molar-refractivity contribution is -0.135. The maximum atomic E-state index is 12.4. The van der Waals surface area contributed by atoms with Crippen molar-refractivity contribution in [2.24, 2.45) is 7.05 Å². The van der Waals surface area contributed by atoms with Crippen LogP contribution in [0, 0.1) is 13.8 Å². The number of aryl methyl sites for hydroxylation is 2. The van der Waals surface area contributed by atoms with Gasteiger partial charge in [-0.05, 0) is 31.5 Å². The fourth-order valence-electron chi connectivity index (χ4n) is 3.17. The van der Waals surface area contributed by atoms with E-state index >= 15 is 0 Å². The number of pyridine rings is 1.